The molecule has 0 bridgehead atoms. The first kappa shape index (κ1) is 15.4. The summed E-state index contributed by atoms with van der Waals surface area (Å²) in [5.74, 6) is 0.587. The molecule has 0 atom stereocenters. The number of hydrogen-bond donors (Lipinski definition) is 1. The number of methoxy groups -OCH3 is 1. The molecule has 0 amide bonds. The largest absolute Gasteiger partial charge is 0.385 e. The highest BCUT2D eigenvalue weighted by atomic mass is 32.2. The van der Waals surface area contributed by atoms with Gasteiger partial charge in [0.2, 0.25) is 10.0 Å². The maximum absolute atomic E-state index is 11.9. The molecule has 5 nitrogen and oxygen atoms in total. The highest BCUT2D eigenvalue weighted by Crippen LogP contribution is 2.32. The summed E-state index contributed by atoms with van der Waals surface area (Å²) < 4.78 is 31.2. The van der Waals surface area contributed by atoms with E-state index in [-0.39, 0.29) is 5.75 Å². The molecule has 1 aliphatic carbocycles. The van der Waals surface area contributed by atoms with Gasteiger partial charge < -0.3 is 4.74 Å². The molecule has 1 fully saturated rings. The second-order valence-electron chi connectivity index (χ2n) is 5.14. The van der Waals surface area contributed by atoms with Gasteiger partial charge in [-0.25, -0.2) is 8.42 Å². The number of nitrogens with zero attached hydrogens (tertiary/aromatic N) is 1. The maximum atomic E-state index is 11.9. The van der Waals surface area contributed by atoms with Crippen LogP contribution >= 0.6 is 0 Å². The summed E-state index contributed by atoms with van der Waals surface area (Å²) in [6.07, 6.45) is 3.45. The molecular formula is C12H22N2O3S. The summed E-state index contributed by atoms with van der Waals surface area (Å²) in [5, 5.41) is 9.26. The van der Waals surface area contributed by atoms with Crippen molar-refractivity contribution < 1.29 is 13.2 Å². The van der Waals surface area contributed by atoms with Crippen molar-refractivity contribution in [2.75, 3.05) is 19.5 Å². The normalized spacial score (nSPS) is 28.8. The van der Waals surface area contributed by atoms with Crippen LogP contribution in [-0.2, 0) is 14.8 Å². The molecule has 1 N–H and O–H groups in total. The zero-order chi connectivity index (χ0) is 13.6. The topological polar surface area (TPSA) is 79.2 Å². The van der Waals surface area contributed by atoms with E-state index in [2.05, 4.69) is 17.7 Å². The third kappa shape index (κ3) is 4.56. The van der Waals surface area contributed by atoms with Gasteiger partial charge in [-0.15, -0.1) is 0 Å². The van der Waals surface area contributed by atoms with Gasteiger partial charge in [0.05, 0.1) is 11.8 Å². The molecular weight excluding hydrogens is 252 g/mol. The first-order valence-corrected chi connectivity index (χ1v) is 8.00. The van der Waals surface area contributed by atoms with Crippen LogP contribution in [0.5, 0.6) is 0 Å². The van der Waals surface area contributed by atoms with Gasteiger partial charge >= 0.3 is 0 Å². The van der Waals surface area contributed by atoms with E-state index < -0.39 is 15.6 Å². The van der Waals surface area contributed by atoms with Crippen LogP contribution in [0.1, 0.15) is 39.0 Å². The van der Waals surface area contributed by atoms with Crippen molar-refractivity contribution in [2.24, 2.45) is 5.92 Å². The second-order valence-corrected chi connectivity index (χ2v) is 6.99. The van der Waals surface area contributed by atoms with Crippen LogP contribution in [0.2, 0.25) is 0 Å². The summed E-state index contributed by atoms with van der Waals surface area (Å²) >= 11 is 0. The van der Waals surface area contributed by atoms with Crippen LogP contribution in [0.4, 0.5) is 0 Å². The van der Waals surface area contributed by atoms with Crippen LogP contribution in [0, 0.1) is 17.2 Å². The van der Waals surface area contributed by atoms with E-state index in [1.165, 1.54) is 0 Å². The van der Waals surface area contributed by atoms with Crippen molar-refractivity contribution in [1.82, 2.24) is 4.72 Å². The lowest BCUT2D eigenvalue weighted by Crippen LogP contribution is -2.50. The summed E-state index contributed by atoms with van der Waals surface area (Å²) in [6.45, 7) is 2.55. The van der Waals surface area contributed by atoms with E-state index in [1.807, 2.05) is 0 Å². The SMILES string of the molecule is COCCCS(=O)(=O)NC1(C#N)CCC(C)CC1. The summed E-state index contributed by atoms with van der Waals surface area (Å²) in [5.41, 5.74) is -0.890. The van der Waals surface area contributed by atoms with Crippen LogP contribution in [0.25, 0.3) is 0 Å². The Morgan fingerprint density at radius 1 is 1.44 bits per heavy atom. The van der Waals surface area contributed by atoms with Crippen molar-refractivity contribution in [1.29, 1.82) is 5.26 Å². The zero-order valence-electron chi connectivity index (χ0n) is 11.1. The van der Waals surface area contributed by atoms with E-state index in [9.17, 15) is 13.7 Å². The summed E-state index contributed by atoms with van der Waals surface area (Å²) in [4.78, 5) is 0. The van der Waals surface area contributed by atoms with Crippen molar-refractivity contribution >= 4 is 10.0 Å². The predicted molar refractivity (Wildman–Crippen MR) is 69.4 cm³/mol. The summed E-state index contributed by atoms with van der Waals surface area (Å²) in [7, 11) is -1.85. The van der Waals surface area contributed by atoms with E-state index in [0.717, 1.165) is 12.8 Å². The van der Waals surface area contributed by atoms with Crippen LogP contribution in [0.3, 0.4) is 0 Å². The lowest BCUT2D eigenvalue weighted by Gasteiger charge is -2.34. The molecule has 0 heterocycles. The quantitative estimate of drug-likeness (QED) is 0.743. The fourth-order valence-corrected chi connectivity index (χ4v) is 3.68. The maximum Gasteiger partial charge on any atom is 0.213 e. The number of nitriles is 1. The molecule has 1 rings (SSSR count). The molecule has 0 aromatic carbocycles. The van der Waals surface area contributed by atoms with Gasteiger partial charge in [-0.2, -0.15) is 9.98 Å². The average molecular weight is 274 g/mol. The second kappa shape index (κ2) is 6.50. The van der Waals surface area contributed by atoms with Crippen molar-refractivity contribution in [3.63, 3.8) is 0 Å². The monoisotopic (exact) mass is 274 g/mol. The minimum absolute atomic E-state index is 0.0137. The molecule has 0 radical (unpaired) electrons. The number of ether oxygens (including phenoxy) is 1. The lowest BCUT2D eigenvalue weighted by atomic mass is 9.79. The van der Waals surface area contributed by atoms with Gasteiger partial charge in [0.1, 0.15) is 5.54 Å². The van der Waals surface area contributed by atoms with Crippen LogP contribution in [-0.4, -0.2) is 33.4 Å². The average Bonchev–Trinajstić information content (AvgIpc) is 2.32. The first-order chi connectivity index (χ1) is 8.43. The van der Waals surface area contributed by atoms with Gasteiger partial charge in [0, 0.05) is 13.7 Å². The van der Waals surface area contributed by atoms with Gasteiger partial charge in [0.15, 0.2) is 0 Å². The molecule has 0 unspecified atom stereocenters. The fraction of sp³-hybridized carbons (Fsp3) is 0.917. The van der Waals surface area contributed by atoms with Crippen LogP contribution in [0.15, 0.2) is 0 Å². The van der Waals surface area contributed by atoms with Crippen molar-refractivity contribution in [3.8, 4) is 6.07 Å². The fourth-order valence-electron chi connectivity index (χ4n) is 2.23. The Morgan fingerprint density at radius 3 is 2.56 bits per heavy atom. The molecule has 0 aromatic rings. The Hall–Kier alpha value is -0.640. The molecule has 1 aliphatic rings. The number of hydrogen-bond acceptors (Lipinski definition) is 4. The smallest absolute Gasteiger partial charge is 0.213 e. The van der Waals surface area contributed by atoms with Gasteiger partial charge in [0.25, 0.3) is 0 Å². The predicted octanol–water partition coefficient (Wildman–Crippen LogP) is 1.41. The lowest BCUT2D eigenvalue weighted by molar-refractivity contribution is 0.199. The third-order valence-electron chi connectivity index (χ3n) is 3.45. The first-order valence-electron chi connectivity index (χ1n) is 6.35. The standard InChI is InChI=1S/C12H22N2O3S/c1-11-4-6-12(10-13,7-5-11)14-18(15,16)9-3-8-17-2/h11,14H,3-9H2,1-2H3. The molecule has 18 heavy (non-hydrogen) atoms. The van der Waals surface area contributed by atoms with Crippen molar-refractivity contribution in [2.45, 2.75) is 44.6 Å². The third-order valence-corrected chi connectivity index (χ3v) is 4.98. The molecule has 0 aliphatic heterocycles. The van der Waals surface area contributed by atoms with Crippen LogP contribution < -0.4 is 4.72 Å². The highest BCUT2D eigenvalue weighted by Gasteiger charge is 2.37. The number of sulfonamides is 1. The van der Waals surface area contributed by atoms with Gasteiger partial charge in [-0.05, 0) is 38.0 Å². The minimum atomic E-state index is -3.39. The van der Waals surface area contributed by atoms with Gasteiger partial charge in [-0.1, -0.05) is 6.92 Å². The molecule has 0 spiro atoms. The Bertz CT molecular complexity index is 392. The Labute approximate surface area is 110 Å². The molecule has 0 aromatic heterocycles. The number of nitrogens with one attached hydrogen (secondary N) is 1. The molecule has 1 saturated carbocycles. The minimum Gasteiger partial charge on any atom is -0.385 e. The Kier molecular flexibility index (Phi) is 5.57. The Morgan fingerprint density at radius 2 is 2.06 bits per heavy atom. The zero-order valence-corrected chi connectivity index (χ0v) is 11.9. The summed E-state index contributed by atoms with van der Waals surface area (Å²) in [6, 6.07) is 2.16. The van der Waals surface area contributed by atoms with Gasteiger partial charge in [-0.3, -0.25) is 0 Å². The molecule has 104 valence electrons. The highest BCUT2D eigenvalue weighted by molar-refractivity contribution is 7.89. The van der Waals surface area contributed by atoms with E-state index in [4.69, 9.17) is 4.74 Å². The molecule has 0 saturated heterocycles. The van der Waals surface area contributed by atoms with E-state index >= 15 is 0 Å². The van der Waals surface area contributed by atoms with E-state index in [0.29, 0.717) is 31.8 Å². The van der Waals surface area contributed by atoms with Crippen molar-refractivity contribution in [3.05, 3.63) is 0 Å². The number of rotatable bonds is 6. The van der Waals surface area contributed by atoms with E-state index in [1.54, 1.807) is 7.11 Å². The molecule has 6 heteroatoms. The Balaban J connectivity index is 2.60.